The van der Waals surface area contributed by atoms with E-state index in [1.165, 1.54) is 0 Å². The molecule has 1 aliphatic heterocycles. The van der Waals surface area contributed by atoms with E-state index in [-0.39, 0.29) is 31.4 Å². The van der Waals surface area contributed by atoms with Crippen LogP contribution < -0.4 is 5.32 Å². The molecule has 1 spiro atoms. The molecule has 3 amide bonds. The molecule has 1 aromatic carbocycles. The van der Waals surface area contributed by atoms with Crippen molar-refractivity contribution in [1.29, 1.82) is 0 Å². The van der Waals surface area contributed by atoms with Crippen LogP contribution in [0, 0.1) is 5.41 Å². The van der Waals surface area contributed by atoms with Crippen molar-refractivity contribution in [2.24, 2.45) is 5.41 Å². The molecule has 2 fully saturated rings. The molecule has 134 valence electrons. The van der Waals surface area contributed by atoms with Gasteiger partial charge in [0.2, 0.25) is 17.7 Å². The highest BCUT2D eigenvalue weighted by Gasteiger charge is 2.52. The highest BCUT2D eigenvalue weighted by atomic mass is 16.3. The maximum atomic E-state index is 12.6. The van der Waals surface area contributed by atoms with Gasteiger partial charge in [-0.25, -0.2) is 0 Å². The Labute approximate surface area is 147 Å². The summed E-state index contributed by atoms with van der Waals surface area (Å²) in [6.45, 7) is -0.461. The molecule has 1 saturated carbocycles. The van der Waals surface area contributed by atoms with E-state index in [1.807, 2.05) is 30.3 Å². The molecule has 0 bridgehead atoms. The second-order valence-electron chi connectivity index (χ2n) is 7.09. The van der Waals surface area contributed by atoms with Gasteiger partial charge in [0.15, 0.2) is 0 Å². The molecule has 2 aliphatic rings. The molecular formula is C19H24N2O4. The molecule has 25 heavy (non-hydrogen) atoms. The van der Waals surface area contributed by atoms with Gasteiger partial charge in [0.1, 0.15) is 6.54 Å². The van der Waals surface area contributed by atoms with Crippen molar-refractivity contribution >= 4 is 17.7 Å². The lowest BCUT2D eigenvalue weighted by atomic mass is 9.84. The number of benzene rings is 1. The predicted molar refractivity (Wildman–Crippen MR) is 91.4 cm³/mol. The van der Waals surface area contributed by atoms with E-state index >= 15 is 0 Å². The molecule has 0 radical (unpaired) electrons. The number of rotatable bonds is 6. The number of nitrogens with zero attached hydrogens (tertiary/aromatic N) is 1. The van der Waals surface area contributed by atoms with Crippen LogP contribution in [-0.4, -0.2) is 46.9 Å². The van der Waals surface area contributed by atoms with Crippen molar-refractivity contribution in [1.82, 2.24) is 10.2 Å². The van der Waals surface area contributed by atoms with Crippen LogP contribution in [0.3, 0.4) is 0 Å². The molecule has 1 atom stereocenters. The van der Waals surface area contributed by atoms with Gasteiger partial charge < -0.3 is 10.4 Å². The Balaban J connectivity index is 1.58. The molecule has 6 nitrogen and oxygen atoms in total. The summed E-state index contributed by atoms with van der Waals surface area (Å²) in [5.74, 6) is -0.869. The Morgan fingerprint density at radius 1 is 1.20 bits per heavy atom. The molecule has 3 rings (SSSR count). The number of carbonyl (C=O) groups is 3. The fraction of sp³-hybridized carbons (Fsp3) is 0.526. The maximum absolute atomic E-state index is 12.6. The summed E-state index contributed by atoms with van der Waals surface area (Å²) in [6.07, 6.45) is 4.12. The number of imide groups is 1. The van der Waals surface area contributed by atoms with Crippen LogP contribution in [0.15, 0.2) is 30.3 Å². The fourth-order valence-electron chi connectivity index (χ4n) is 3.94. The van der Waals surface area contributed by atoms with E-state index in [2.05, 4.69) is 5.32 Å². The summed E-state index contributed by atoms with van der Waals surface area (Å²) >= 11 is 0. The van der Waals surface area contributed by atoms with E-state index in [0.717, 1.165) is 36.1 Å². The number of carbonyl (C=O) groups excluding carboxylic acids is 3. The first-order valence-electron chi connectivity index (χ1n) is 8.83. The van der Waals surface area contributed by atoms with Gasteiger partial charge in [0.05, 0.1) is 18.1 Å². The van der Waals surface area contributed by atoms with Crippen LogP contribution in [-0.2, 0) is 20.8 Å². The summed E-state index contributed by atoms with van der Waals surface area (Å²) in [6, 6.07) is 9.10. The minimum absolute atomic E-state index is 0.200. The van der Waals surface area contributed by atoms with E-state index in [0.29, 0.717) is 6.42 Å². The topological polar surface area (TPSA) is 86.7 Å². The largest absolute Gasteiger partial charge is 0.394 e. The van der Waals surface area contributed by atoms with Gasteiger partial charge in [-0.15, -0.1) is 0 Å². The van der Waals surface area contributed by atoms with Crippen molar-refractivity contribution in [3.63, 3.8) is 0 Å². The number of likely N-dealkylation sites (tertiary alicyclic amines) is 1. The zero-order valence-corrected chi connectivity index (χ0v) is 14.2. The third kappa shape index (κ3) is 3.74. The van der Waals surface area contributed by atoms with Crippen molar-refractivity contribution in [2.75, 3.05) is 13.2 Å². The Kier molecular flexibility index (Phi) is 5.18. The average Bonchev–Trinajstić information content (AvgIpc) is 3.16. The number of amides is 3. The molecule has 0 aromatic heterocycles. The van der Waals surface area contributed by atoms with Gasteiger partial charge in [-0.2, -0.15) is 0 Å². The molecule has 1 heterocycles. The van der Waals surface area contributed by atoms with Gasteiger partial charge in [0.25, 0.3) is 0 Å². The molecule has 6 heteroatoms. The van der Waals surface area contributed by atoms with Gasteiger partial charge >= 0.3 is 0 Å². The SMILES string of the molecule is O=C(CN1C(=O)CC2(CCCC2)C1=O)NC(CO)Cc1ccccc1. The molecule has 1 saturated heterocycles. The first-order valence-corrected chi connectivity index (χ1v) is 8.83. The van der Waals surface area contributed by atoms with Crippen molar-refractivity contribution < 1.29 is 19.5 Å². The maximum Gasteiger partial charge on any atom is 0.240 e. The average molecular weight is 344 g/mol. The van der Waals surface area contributed by atoms with Crippen LogP contribution in [0.2, 0.25) is 0 Å². The zero-order chi connectivity index (χ0) is 17.9. The fourth-order valence-corrected chi connectivity index (χ4v) is 3.94. The van der Waals surface area contributed by atoms with Crippen molar-refractivity contribution in [2.45, 2.75) is 44.6 Å². The van der Waals surface area contributed by atoms with Crippen molar-refractivity contribution in [3.05, 3.63) is 35.9 Å². The Bertz CT molecular complexity index is 653. The molecular weight excluding hydrogens is 320 g/mol. The second-order valence-corrected chi connectivity index (χ2v) is 7.09. The summed E-state index contributed by atoms with van der Waals surface area (Å²) in [4.78, 5) is 38.2. The van der Waals surface area contributed by atoms with Crippen LogP contribution in [0.1, 0.15) is 37.7 Å². The predicted octanol–water partition coefficient (Wildman–Crippen LogP) is 1.03. The standard InChI is InChI=1S/C19H24N2O4/c22-13-15(10-14-6-2-1-3-7-14)20-16(23)12-21-17(24)11-19(18(21)25)8-4-5-9-19/h1-3,6-7,15,22H,4-5,8-13H2,(H,20,23). The normalized spacial score (nSPS) is 20.3. The van der Waals surface area contributed by atoms with E-state index < -0.39 is 17.4 Å². The molecule has 2 N–H and O–H groups in total. The van der Waals surface area contributed by atoms with Gasteiger partial charge in [-0.1, -0.05) is 43.2 Å². The van der Waals surface area contributed by atoms with E-state index in [9.17, 15) is 19.5 Å². The highest BCUT2D eigenvalue weighted by molar-refractivity contribution is 6.08. The monoisotopic (exact) mass is 344 g/mol. The lowest BCUT2D eigenvalue weighted by Crippen LogP contribution is -2.46. The van der Waals surface area contributed by atoms with Crippen LogP contribution in [0.4, 0.5) is 0 Å². The summed E-state index contributed by atoms with van der Waals surface area (Å²) in [7, 11) is 0. The lowest BCUT2D eigenvalue weighted by molar-refractivity contribution is -0.145. The van der Waals surface area contributed by atoms with E-state index in [1.54, 1.807) is 0 Å². The number of nitrogens with one attached hydrogen (secondary N) is 1. The lowest BCUT2D eigenvalue weighted by Gasteiger charge is -2.22. The Morgan fingerprint density at radius 2 is 1.88 bits per heavy atom. The highest BCUT2D eigenvalue weighted by Crippen LogP contribution is 2.46. The Hall–Kier alpha value is -2.21. The second kappa shape index (κ2) is 7.35. The molecule has 1 aliphatic carbocycles. The van der Waals surface area contributed by atoms with E-state index in [4.69, 9.17) is 0 Å². The third-order valence-electron chi connectivity index (χ3n) is 5.26. The quantitative estimate of drug-likeness (QED) is 0.755. The minimum Gasteiger partial charge on any atom is -0.394 e. The van der Waals surface area contributed by atoms with Crippen LogP contribution in [0.5, 0.6) is 0 Å². The molecule has 1 unspecified atom stereocenters. The summed E-state index contributed by atoms with van der Waals surface area (Å²) in [5.41, 5.74) is 0.442. The number of hydrogen-bond donors (Lipinski definition) is 2. The number of aliphatic hydroxyl groups excluding tert-OH is 1. The van der Waals surface area contributed by atoms with Crippen LogP contribution >= 0.6 is 0 Å². The first kappa shape index (κ1) is 17.6. The van der Waals surface area contributed by atoms with Gasteiger partial charge in [0, 0.05) is 6.42 Å². The third-order valence-corrected chi connectivity index (χ3v) is 5.26. The Morgan fingerprint density at radius 3 is 2.52 bits per heavy atom. The summed E-state index contributed by atoms with van der Waals surface area (Å²) < 4.78 is 0. The smallest absolute Gasteiger partial charge is 0.240 e. The molecule has 1 aromatic rings. The number of hydrogen-bond acceptors (Lipinski definition) is 4. The minimum atomic E-state index is -0.558. The van der Waals surface area contributed by atoms with Crippen molar-refractivity contribution in [3.8, 4) is 0 Å². The summed E-state index contributed by atoms with van der Waals surface area (Å²) in [5, 5.41) is 12.2. The van der Waals surface area contributed by atoms with Crippen LogP contribution in [0.25, 0.3) is 0 Å². The number of aliphatic hydroxyl groups is 1. The first-order chi connectivity index (χ1) is 12.0. The zero-order valence-electron chi connectivity index (χ0n) is 14.2. The van der Waals surface area contributed by atoms with Gasteiger partial charge in [-0.3, -0.25) is 19.3 Å². The van der Waals surface area contributed by atoms with Gasteiger partial charge in [-0.05, 0) is 24.8 Å².